The smallest absolute Gasteiger partial charge is 0.200 e. The van der Waals surface area contributed by atoms with E-state index >= 15 is 0 Å². The molecule has 0 aromatic heterocycles. The van der Waals surface area contributed by atoms with Crippen molar-refractivity contribution in [2.75, 3.05) is 13.2 Å². The first-order valence-electron chi connectivity index (χ1n) is 8.08. The molecule has 23 heavy (non-hydrogen) atoms. The van der Waals surface area contributed by atoms with Gasteiger partial charge in [0.05, 0.1) is 16.8 Å². The van der Waals surface area contributed by atoms with Crippen LogP contribution in [0.2, 0.25) is 0 Å². The lowest BCUT2D eigenvalue weighted by atomic mass is 9.78. The first kappa shape index (κ1) is 19.8. The van der Waals surface area contributed by atoms with Gasteiger partial charge in [0.1, 0.15) is 0 Å². The van der Waals surface area contributed by atoms with Gasteiger partial charge in [-0.05, 0) is 68.9 Å². The van der Waals surface area contributed by atoms with E-state index in [1.54, 1.807) is 0 Å². The summed E-state index contributed by atoms with van der Waals surface area (Å²) in [4.78, 5) is 11.1. The molecule has 2 aliphatic carbocycles. The maximum Gasteiger partial charge on any atom is 0.200 e. The molecule has 0 saturated carbocycles. The highest BCUT2D eigenvalue weighted by atomic mass is 127. The molecular weight excluding hydrogens is 518 g/mol. The van der Waals surface area contributed by atoms with E-state index in [2.05, 4.69) is 79.0 Å². The molecule has 3 aliphatic rings. The van der Waals surface area contributed by atoms with Gasteiger partial charge in [0.25, 0.3) is 0 Å². The Hall–Kier alpha value is 0.530. The van der Waals surface area contributed by atoms with Crippen LogP contribution in [0.15, 0.2) is 19.3 Å². The molecule has 0 atom stereocenters. The molecule has 1 heterocycles. The van der Waals surface area contributed by atoms with Crippen molar-refractivity contribution in [3.8, 4) is 0 Å². The van der Waals surface area contributed by atoms with Crippen LogP contribution < -0.4 is 0 Å². The van der Waals surface area contributed by atoms with Gasteiger partial charge in [-0.3, -0.25) is 4.79 Å². The summed E-state index contributed by atoms with van der Waals surface area (Å²) in [6.45, 7) is 10.3. The summed E-state index contributed by atoms with van der Waals surface area (Å²) in [5.41, 5.74) is 0.505. The molecule has 1 aliphatic heterocycles. The van der Waals surface area contributed by atoms with Gasteiger partial charge in [-0.2, -0.15) is 0 Å². The molecule has 5 heteroatoms. The van der Waals surface area contributed by atoms with Crippen LogP contribution in [-0.4, -0.2) is 24.8 Å². The van der Waals surface area contributed by atoms with Crippen LogP contribution in [0.3, 0.4) is 0 Å². The van der Waals surface area contributed by atoms with E-state index in [4.69, 9.17) is 9.47 Å². The number of halogens is 2. The fraction of sp³-hybridized carbons (Fsp3) is 0.722. The summed E-state index contributed by atoms with van der Waals surface area (Å²) in [5, 5.41) is 0. The second-order valence-electron chi connectivity index (χ2n) is 8.07. The van der Waals surface area contributed by atoms with E-state index in [-0.39, 0.29) is 11.2 Å². The molecule has 0 amide bonds. The number of carbonyl (C=O) groups is 1. The number of rotatable bonds is 0. The standard InChI is InChI=1S/C10H15IO2.C8H11IO/c1-9(2)4-3-8(11)10(7-9)12-5-6-13-10;1-8(2)4-3-6(9)7(10)5-8/h3H,4-7H2,1-2H3;3H,4-5H2,1-2H3. The van der Waals surface area contributed by atoms with E-state index in [1.165, 1.54) is 3.58 Å². The normalized spacial score (nSPS) is 27.8. The van der Waals surface area contributed by atoms with Gasteiger partial charge >= 0.3 is 0 Å². The molecule has 0 aromatic rings. The average molecular weight is 544 g/mol. The van der Waals surface area contributed by atoms with Crippen molar-refractivity contribution < 1.29 is 14.3 Å². The van der Waals surface area contributed by atoms with Crippen LogP contribution in [0.25, 0.3) is 0 Å². The fourth-order valence-electron chi connectivity index (χ4n) is 3.07. The minimum Gasteiger partial charge on any atom is -0.343 e. The minimum atomic E-state index is -0.387. The molecule has 1 spiro atoms. The third-order valence-electron chi connectivity index (χ3n) is 4.40. The van der Waals surface area contributed by atoms with Crippen LogP contribution in [0, 0.1) is 10.8 Å². The zero-order valence-electron chi connectivity index (χ0n) is 14.4. The third-order valence-corrected chi connectivity index (χ3v) is 6.71. The molecule has 0 radical (unpaired) electrons. The van der Waals surface area contributed by atoms with Gasteiger partial charge in [-0.15, -0.1) is 0 Å². The van der Waals surface area contributed by atoms with Gasteiger partial charge in [0, 0.05) is 16.4 Å². The van der Waals surface area contributed by atoms with E-state index in [0.29, 0.717) is 17.6 Å². The van der Waals surface area contributed by atoms with Gasteiger partial charge in [0.2, 0.25) is 5.79 Å². The zero-order chi connectivity index (χ0) is 17.3. The Morgan fingerprint density at radius 1 is 0.957 bits per heavy atom. The Labute approximate surface area is 166 Å². The number of carbonyl (C=O) groups excluding carboxylic acids is 1. The van der Waals surface area contributed by atoms with Crippen LogP contribution in [0.1, 0.15) is 53.4 Å². The van der Waals surface area contributed by atoms with E-state index in [1.807, 2.05) is 6.08 Å². The summed E-state index contributed by atoms with van der Waals surface area (Å²) < 4.78 is 13.6. The van der Waals surface area contributed by atoms with E-state index < -0.39 is 0 Å². The Morgan fingerprint density at radius 3 is 2.04 bits per heavy atom. The lowest BCUT2D eigenvalue weighted by Gasteiger charge is -2.39. The van der Waals surface area contributed by atoms with Crippen molar-refractivity contribution in [3.63, 3.8) is 0 Å². The average Bonchev–Trinajstić information content (AvgIpc) is 2.88. The third kappa shape index (κ3) is 5.25. The van der Waals surface area contributed by atoms with Crippen molar-refractivity contribution in [3.05, 3.63) is 19.3 Å². The van der Waals surface area contributed by atoms with Gasteiger partial charge in [0.15, 0.2) is 5.78 Å². The first-order chi connectivity index (χ1) is 10.6. The van der Waals surface area contributed by atoms with E-state index in [9.17, 15) is 4.79 Å². The Balaban J connectivity index is 0.000000174. The molecule has 3 nitrogen and oxygen atoms in total. The number of ketones is 1. The number of Topliss-reactive ketones (excluding diaryl/α,β-unsaturated/α-hetero) is 1. The topological polar surface area (TPSA) is 35.5 Å². The zero-order valence-corrected chi connectivity index (χ0v) is 18.7. The summed E-state index contributed by atoms with van der Waals surface area (Å²) in [7, 11) is 0. The van der Waals surface area contributed by atoms with E-state index in [0.717, 1.165) is 36.1 Å². The van der Waals surface area contributed by atoms with Crippen molar-refractivity contribution in [2.45, 2.75) is 59.2 Å². The molecule has 3 rings (SSSR count). The summed E-state index contributed by atoms with van der Waals surface area (Å²) in [5.74, 6) is -0.0840. The second-order valence-corrected chi connectivity index (χ2v) is 10.4. The number of allylic oxidation sites excluding steroid dienone is 3. The molecular formula is C18H26I2O3. The lowest BCUT2D eigenvalue weighted by Crippen LogP contribution is -2.39. The monoisotopic (exact) mass is 544 g/mol. The van der Waals surface area contributed by atoms with Gasteiger partial charge < -0.3 is 9.47 Å². The van der Waals surface area contributed by atoms with Crippen LogP contribution in [0.5, 0.6) is 0 Å². The van der Waals surface area contributed by atoms with Crippen LogP contribution in [-0.2, 0) is 14.3 Å². The molecule has 1 saturated heterocycles. The molecule has 0 aromatic carbocycles. The number of hydrogen-bond donors (Lipinski definition) is 0. The van der Waals surface area contributed by atoms with Crippen molar-refractivity contribution in [1.29, 1.82) is 0 Å². The maximum absolute atomic E-state index is 11.1. The minimum absolute atomic E-state index is 0.200. The molecule has 0 bridgehead atoms. The van der Waals surface area contributed by atoms with Crippen molar-refractivity contribution in [1.82, 2.24) is 0 Å². The highest BCUT2D eigenvalue weighted by molar-refractivity contribution is 14.1. The summed E-state index contributed by atoms with van der Waals surface area (Å²) >= 11 is 4.45. The van der Waals surface area contributed by atoms with Crippen LogP contribution in [0.4, 0.5) is 0 Å². The first-order valence-corrected chi connectivity index (χ1v) is 10.2. The summed E-state index contributed by atoms with van der Waals surface area (Å²) in [6, 6.07) is 0. The highest BCUT2D eigenvalue weighted by Crippen LogP contribution is 2.47. The molecule has 0 N–H and O–H groups in total. The van der Waals surface area contributed by atoms with Gasteiger partial charge in [-0.1, -0.05) is 39.8 Å². The Morgan fingerprint density at radius 2 is 1.52 bits per heavy atom. The number of hydrogen-bond acceptors (Lipinski definition) is 3. The lowest BCUT2D eigenvalue weighted by molar-refractivity contribution is -0.145. The molecule has 0 unspecified atom stereocenters. The summed E-state index contributed by atoms with van der Waals surface area (Å²) in [6.07, 6.45) is 8.13. The SMILES string of the molecule is CC1(C)CC=C(I)C(=O)C1.CC1(C)CC=C(I)C2(C1)OCCO2. The largest absolute Gasteiger partial charge is 0.343 e. The van der Waals surface area contributed by atoms with Crippen molar-refractivity contribution >= 4 is 51.0 Å². The predicted molar refractivity (Wildman–Crippen MR) is 110 cm³/mol. The van der Waals surface area contributed by atoms with Crippen LogP contribution >= 0.6 is 45.2 Å². The quantitative estimate of drug-likeness (QED) is 0.375. The fourth-order valence-corrected chi connectivity index (χ4v) is 4.21. The Bertz CT molecular complexity index is 526. The number of ether oxygens (including phenoxy) is 2. The second kappa shape index (κ2) is 7.41. The van der Waals surface area contributed by atoms with Gasteiger partial charge in [-0.25, -0.2) is 0 Å². The highest BCUT2D eigenvalue weighted by Gasteiger charge is 2.46. The Kier molecular flexibility index (Phi) is 6.40. The van der Waals surface area contributed by atoms with Crippen molar-refractivity contribution in [2.24, 2.45) is 10.8 Å². The predicted octanol–water partition coefficient (Wildman–Crippen LogP) is 5.56. The molecule has 1 fully saturated rings. The maximum atomic E-state index is 11.1. The molecule has 130 valence electrons.